The lowest BCUT2D eigenvalue weighted by Crippen LogP contribution is -2.34. The third kappa shape index (κ3) is 2.81. The minimum Gasteiger partial charge on any atom is -0.478 e. The van der Waals surface area contributed by atoms with Gasteiger partial charge in [0.15, 0.2) is 0 Å². The van der Waals surface area contributed by atoms with Gasteiger partial charge in [0.05, 0.1) is 5.56 Å². The summed E-state index contributed by atoms with van der Waals surface area (Å²) in [5.74, 6) is -0.627. The molecule has 1 aromatic carbocycles. The first-order valence-electron chi connectivity index (χ1n) is 6.52. The monoisotopic (exact) mass is 264 g/mol. The van der Waals surface area contributed by atoms with Crippen LogP contribution >= 0.6 is 0 Å². The second kappa shape index (κ2) is 5.48. The predicted octanol–water partition coefficient (Wildman–Crippen LogP) is 1.48. The van der Waals surface area contributed by atoms with Gasteiger partial charge >= 0.3 is 5.97 Å². The number of carboxylic acids is 1. The Kier molecular flexibility index (Phi) is 3.95. The number of carbonyl (C=O) groups is 1. The second-order valence-corrected chi connectivity index (χ2v) is 5.14. The van der Waals surface area contributed by atoms with Crippen LogP contribution in [0.1, 0.15) is 28.8 Å². The van der Waals surface area contributed by atoms with Gasteiger partial charge in [-0.2, -0.15) is 0 Å². The molecule has 1 aliphatic rings. The molecule has 5 nitrogen and oxygen atoms in total. The Hall–Kier alpha value is -1.75. The van der Waals surface area contributed by atoms with Crippen LogP contribution in [0.15, 0.2) is 12.1 Å². The molecule has 0 radical (unpaired) electrons. The molecule has 1 heterocycles. The van der Waals surface area contributed by atoms with Crippen molar-refractivity contribution in [3.63, 3.8) is 0 Å². The van der Waals surface area contributed by atoms with E-state index in [4.69, 9.17) is 15.9 Å². The number of piperidine rings is 1. The maximum absolute atomic E-state index is 11.2. The normalized spacial score (nSPS) is 16.6. The van der Waals surface area contributed by atoms with Crippen LogP contribution in [-0.2, 0) is 0 Å². The summed E-state index contributed by atoms with van der Waals surface area (Å²) in [6.45, 7) is 3.74. The standard InChI is InChI=1S/C14H20N2O3/c1-9-6-11(7-12(13(9)15)14(18)19)16-4-2-10(8-17)3-5-16/h6-7,10,17H,2-5,8,15H2,1H3,(H,18,19). The van der Waals surface area contributed by atoms with Crippen LogP contribution < -0.4 is 10.6 Å². The van der Waals surface area contributed by atoms with Crippen LogP contribution in [0.4, 0.5) is 11.4 Å². The van der Waals surface area contributed by atoms with Gasteiger partial charge < -0.3 is 20.8 Å². The van der Waals surface area contributed by atoms with E-state index in [1.54, 1.807) is 6.07 Å². The first-order valence-corrected chi connectivity index (χ1v) is 6.52. The van der Waals surface area contributed by atoms with Gasteiger partial charge in [0, 0.05) is 31.1 Å². The van der Waals surface area contributed by atoms with Crippen molar-refractivity contribution in [3.8, 4) is 0 Å². The van der Waals surface area contributed by atoms with Crippen molar-refractivity contribution in [2.75, 3.05) is 30.3 Å². The first-order chi connectivity index (χ1) is 9.02. The van der Waals surface area contributed by atoms with Gasteiger partial charge in [-0.05, 0) is 43.4 Å². The number of hydrogen-bond acceptors (Lipinski definition) is 4. The van der Waals surface area contributed by atoms with Crippen molar-refractivity contribution >= 4 is 17.3 Å². The van der Waals surface area contributed by atoms with Crippen LogP contribution in [0.5, 0.6) is 0 Å². The molecule has 0 spiro atoms. The number of aromatic carboxylic acids is 1. The largest absolute Gasteiger partial charge is 0.478 e. The molecule has 0 saturated carbocycles. The lowest BCUT2D eigenvalue weighted by Gasteiger charge is -2.33. The number of hydrogen-bond donors (Lipinski definition) is 3. The van der Waals surface area contributed by atoms with Gasteiger partial charge in [-0.25, -0.2) is 4.79 Å². The molecule has 5 heteroatoms. The second-order valence-electron chi connectivity index (χ2n) is 5.14. The lowest BCUT2D eigenvalue weighted by atomic mass is 9.96. The summed E-state index contributed by atoms with van der Waals surface area (Å²) < 4.78 is 0. The number of aryl methyl sites for hydroxylation is 1. The van der Waals surface area contributed by atoms with Crippen molar-refractivity contribution in [2.24, 2.45) is 5.92 Å². The predicted molar refractivity (Wildman–Crippen MR) is 74.6 cm³/mol. The summed E-state index contributed by atoms with van der Waals surface area (Å²) in [7, 11) is 0. The summed E-state index contributed by atoms with van der Waals surface area (Å²) in [6.07, 6.45) is 1.87. The topological polar surface area (TPSA) is 86.8 Å². The molecule has 0 amide bonds. The highest BCUT2D eigenvalue weighted by atomic mass is 16.4. The number of aliphatic hydroxyl groups excluding tert-OH is 1. The Labute approximate surface area is 112 Å². The molecule has 104 valence electrons. The van der Waals surface area contributed by atoms with Gasteiger partial charge in [0.2, 0.25) is 0 Å². The molecule has 0 unspecified atom stereocenters. The molecule has 1 fully saturated rings. The number of anilines is 2. The van der Waals surface area contributed by atoms with Crippen molar-refractivity contribution in [1.29, 1.82) is 0 Å². The fourth-order valence-corrected chi connectivity index (χ4v) is 2.51. The van der Waals surface area contributed by atoms with Gasteiger partial charge in [-0.15, -0.1) is 0 Å². The van der Waals surface area contributed by atoms with E-state index in [0.717, 1.165) is 37.2 Å². The van der Waals surface area contributed by atoms with E-state index in [9.17, 15) is 4.79 Å². The molecule has 19 heavy (non-hydrogen) atoms. The van der Waals surface area contributed by atoms with E-state index >= 15 is 0 Å². The zero-order valence-electron chi connectivity index (χ0n) is 11.1. The number of benzene rings is 1. The summed E-state index contributed by atoms with van der Waals surface area (Å²) in [5, 5.41) is 18.3. The molecule has 1 saturated heterocycles. The average Bonchev–Trinajstić information content (AvgIpc) is 2.41. The number of nitrogens with zero attached hydrogens (tertiary/aromatic N) is 1. The number of rotatable bonds is 3. The van der Waals surface area contributed by atoms with E-state index in [1.807, 2.05) is 13.0 Å². The summed E-state index contributed by atoms with van der Waals surface area (Å²) in [6, 6.07) is 3.57. The third-order valence-electron chi connectivity index (χ3n) is 3.84. The van der Waals surface area contributed by atoms with Crippen LogP contribution in [0.25, 0.3) is 0 Å². The molecule has 0 aliphatic carbocycles. The Morgan fingerprint density at radius 3 is 2.58 bits per heavy atom. The Balaban J connectivity index is 2.24. The molecule has 0 aromatic heterocycles. The zero-order valence-corrected chi connectivity index (χ0v) is 11.1. The highest BCUT2D eigenvalue weighted by Gasteiger charge is 2.21. The van der Waals surface area contributed by atoms with Crippen molar-refractivity contribution in [3.05, 3.63) is 23.3 Å². The van der Waals surface area contributed by atoms with Gasteiger partial charge in [0.1, 0.15) is 0 Å². The molecular weight excluding hydrogens is 244 g/mol. The van der Waals surface area contributed by atoms with Crippen molar-refractivity contribution in [2.45, 2.75) is 19.8 Å². The fourth-order valence-electron chi connectivity index (χ4n) is 2.51. The fraction of sp³-hybridized carbons (Fsp3) is 0.500. The number of aliphatic hydroxyl groups is 1. The van der Waals surface area contributed by atoms with Crippen molar-refractivity contribution in [1.82, 2.24) is 0 Å². The maximum atomic E-state index is 11.2. The molecule has 1 aromatic rings. The molecule has 1 aliphatic heterocycles. The Morgan fingerprint density at radius 2 is 2.05 bits per heavy atom. The number of nitrogens with two attached hydrogens (primary N) is 1. The summed E-state index contributed by atoms with van der Waals surface area (Å²) in [4.78, 5) is 13.3. The van der Waals surface area contributed by atoms with Crippen LogP contribution in [-0.4, -0.2) is 35.9 Å². The van der Waals surface area contributed by atoms with Gasteiger partial charge in [0.25, 0.3) is 0 Å². The number of carboxylic acid groups (broad SMARTS) is 1. The van der Waals surface area contributed by atoms with Gasteiger partial charge in [-0.3, -0.25) is 0 Å². The molecule has 0 atom stereocenters. The van der Waals surface area contributed by atoms with Crippen LogP contribution in [0.2, 0.25) is 0 Å². The highest BCUT2D eigenvalue weighted by molar-refractivity contribution is 5.95. The first kappa shape index (κ1) is 13.7. The summed E-state index contributed by atoms with van der Waals surface area (Å²) >= 11 is 0. The molecule has 0 bridgehead atoms. The minimum atomic E-state index is -0.993. The Bertz CT molecular complexity index is 480. The van der Waals surface area contributed by atoms with E-state index in [0.29, 0.717) is 11.6 Å². The Morgan fingerprint density at radius 1 is 1.42 bits per heavy atom. The van der Waals surface area contributed by atoms with Crippen LogP contribution in [0, 0.1) is 12.8 Å². The molecule has 2 rings (SSSR count). The zero-order chi connectivity index (χ0) is 14.0. The van der Waals surface area contributed by atoms with Crippen LogP contribution in [0.3, 0.4) is 0 Å². The van der Waals surface area contributed by atoms with E-state index < -0.39 is 5.97 Å². The smallest absolute Gasteiger partial charge is 0.337 e. The van der Waals surface area contributed by atoms with E-state index in [2.05, 4.69) is 4.90 Å². The molecular formula is C14H20N2O3. The SMILES string of the molecule is Cc1cc(N2CCC(CO)CC2)cc(C(=O)O)c1N. The lowest BCUT2D eigenvalue weighted by molar-refractivity contribution is 0.0698. The quantitative estimate of drug-likeness (QED) is 0.720. The number of nitrogen functional groups attached to an aromatic ring is 1. The van der Waals surface area contributed by atoms with Crippen molar-refractivity contribution < 1.29 is 15.0 Å². The van der Waals surface area contributed by atoms with E-state index in [-0.39, 0.29) is 12.2 Å². The third-order valence-corrected chi connectivity index (χ3v) is 3.84. The van der Waals surface area contributed by atoms with Gasteiger partial charge in [-0.1, -0.05) is 0 Å². The van der Waals surface area contributed by atoms with E-state index in [1.165, 1.54) is 0 Å². The average molecular weight is 264 g/mol. The molecule has 4 N–H and O–H groups in total. The summed E-state index contributed by atoms with van der Waals surface area (Å²) in [5.41, 5.74) is 7.99. The minimum absolute atomic E-state index is 0.166. The maximum Gasteiger partial charge on any atom is 0.337 e. The highest BCUT2D eigenvalue weighted by Crippen LogP contribution is 2.28.